The van der Waals surface area contributed by atoms with Crippen molar-refractivity contribution in [1.82, 2.24) is 0 Å². The van der Waals surface area contributed by atoms with Crippen molar-refractivity contribution in [1.29, 1.82) is 0 Å². The summed E-state index contributed by atoms with van der Waals surface area (Å²) in [5.41, 5.74) is 0.267. The first kappa shape index (κ1) is 16.0. The van der Waals surface area contributed by atoms with Gasteiger partial charge in [-0.05, 0) is 62.0 Å². The summed E-state index contributed by atoms with van der Waals surface area (Å²) in [5, 5.41) is 0. The number of hydrogen-bond donors (Lipinski definition) is 0. The average Bonchev–Trinajstić information content (AvgIpc) is 2.83. The van der Waals surface area contributed by atoms with Crippen LogP contribution in [0.15, 0.2) is 11.6 Å². The molecule has 0 aromatic carbocycles. The summed E-state index contributed by atoms with van der Waals surface area (Å²) in [6, 6.07) is 0. The van der Waals surface area contributed by atoms with Gasteiger partial charge in [0.05, 0.1) is 0 Å². The first-order valence-electron chi connectivity index (χ1n) is 9.33. The summed E-state index contributed by atoms with van der Waals surface area (Å²) >= 11 is 0. The fraction of sp³-hybridized carbons (Fsp3) is 0.750. The highest BCUT2D eigenvalue weighted by molar-refractivity contribution is 5.92. The number of esters is 1. The quantitative estimate of drug-likeness (QED) is 0.692. The van der Waals surface area contributed by atoms with Gasteiger partial charge in [-0.2, -0.15) is 0 Å². The van der Waals surface area contributed by atoms with E-state index in [9.17, 15) is 14.4 Å². The lowest BCUT2D eigenvalue weighted by Crippen LogP contribution is -2.57. The molecule has 4 nitrogen and oxygen atoms in total. The molecule has 130 valence electrons. The zero-order valence-corrected chi connectivity index (χ0v) is 14.6. The molecule has 3 fully saturated rings. The second-order valence-corrected chi connectivity index (χ2v) is 8.45. The Morgan fingerprint density at radius 1 is 1.08 bits per heavy atom. The van der Waals surface area contributed by atoms with Crippen molar-refractivity contribution in [3.05, 3.63) is 11.6 Å². The minimum absolute atomic E-state index is 0.155. The molecule has 0 heterocycles. The number of carbonyl (C=O) groups excluding carboxylic acids is 3. The van der Waals surface area contributed by atoms with Crippen LogP contribution in [-0.2, 0) is 19.1 Å². The van der Waals surface area contributed by atoms with Crippen molar-refractivity contribution in [2.75, 3.05) is 0 Å². The molecule has 24 heavy (non-hydrogen) atoms. The Bertz CT molecular complexity index is 648. The molecule has 0 unspecified atom stereocenters. The van der Waals surface area contributed by atoms with Gasteiger partial charge in [0.15, 0.2) is 5.78 Å². The lowest BCUT2D eigenvalue weighted by atomic mass is 9.50. The van der Waals surface area contributed by atoms with Gasteiger partial charge in [0.1, 0.15) is 11.4 Å². The van der Waals surface area contributed by atoms with Crippen LogP contribution in [0.4, 0.5) is 0 Å². The smallest absolute Gasteiger partial charge is 0.303 e. The van der Waals surface area contributed by atoms with Crippen LogP contribution >= 0.6 is 0 Å². The van der Waals surface area contributed by atoms with Crippen LogP contribution in [0.2, 0.25) is 0 Å². The Morgan fingerprint density at radius 3 is 2.62 bits per heavy atom. The van der Waals surface area contributed by atoms with Crippen LogP contribution in [0.25, 0.3) is 0 Å². The van der Waals surface area contributed by atoms with E-state index >= 15 is 0 Å². The minimum Gasteiger partial charge on any atom is -0.454 e. The van der Waals surface area contributed by atoms with Crippen molar-refractivity contribution in [2.24, 2.45) is 23.2 Å². The standard InChI is InChI=1S/C20H26O4/c1-12(21)24-20-10-7-14(22)11-13(20)3-4-15-16-5-6-18(23)19(16,2)9-8-17(15)20/h11,15-17H,3-10H2,1-2H3/t15-,16+,17+,19-,20-/m1/s1. The molecule has 3 saturated carbocycles. The number of hydrogen-bond acceptors (Lipinski definition) is 4. The number of rotatable bonds is 1. The van der Waals surface area contributed by atoms with Crippen molar-refractivity contribution in [3.8, 4) is 0 Å². The fourth-order valence-electron chi connectivity index (χ4n) is 6.38. The number of carbonyl (C=O) groups is 3. The van der Waals surface area contributed by atoms with E-state index in [2.05, 4.69) is 6.92 Å². The van der Waals surface area contributed by atoms with Crippen LogP contribution < -0.4 is 0 Å². The molecule has 0 amide bonds. The highest BCUT2D eigenvalue weighted by Crippen LogP contribution is 2.62. The number of ether oxygens (including phenoxy) is 1. The van der Waals surface area contributed by atoms with Crippen LogP contribution in [0, 0.1) is 23.2 Å². The fourth-order valence-corrected chi connectivity index (χ4v) is 6.38. The molecule has 0 aliphatic heterocycles. The van der Waals surface area contributed by atoms with Gasteiger partial charge >= 0.3 is 5.97 Å². The first-order chi connectivity index (χ1) is 11.4. The maximum atomic E-state index is 12.4. The second kappa shape index (κ2) is 5.27. The van der Waals surface area contributed by atoms with Gasteiger partial charge in [-0.15, -0.1) is 0 Å². The van der Waals surface area contributed by atoms with E-state index in [0.29, 0.717) is 36.9 Å². The Kier molecular flexibility index (Phi) is 3.52. The lowest BCUT2D eigenvalue weighted by Gasteiger charge is -2.56. The molecule has 0 N–H and O–H groups in total. The average molecular weight is 330 g/mol. The van der Waals surface area contributed by atoms with Gasteiger partial charge in [0.2, 0.25) is 0 Å². The minimum atomic E-state index is -0.588. The SMILES string of the molecule is CC(=O)O[C@]12CCC(=O)C=C1CC[C@@H]1[C@@H]3CCC(=O)[C@]3(C)CC[C@@H]12. The van der Waals surface area contributed by atoms with E-state index in [1.54, 1.807) is 6.08 Å². The maximum Gasteiger partial charge on any atom is 0.303 e. The molecule has 0 radical (unpaired) electrons. The molecule has 4 aliphatic carbocycles. The second-order valence-electron chi connectivity index (χ2n) is 8.45. The molecule has 0 aromatic rings. The third-order valence-corrected chi connectivity index (χ3v) is 7.44. The summed E-state index contributed by atoms with van der Waals surface area (Å²) < 4.78 is 5.96. The van der Waals surface area contributed by atoms with Gasteiger partial charge in [-0.25, -0.2) is 0 Å². The predicted molar refractivity (Wildman–Crippen MR) is 88.1 cm³/mol. The Labute approximate surface area is 143 Å². The molecule has 0 saturated heterocycles. The van der Waals surface area contributed by atoms with E-state index in [1.807, 2.05) is 0 Å². The van der Waals surface area contributed by atoms with Gasteiger partial charge in [0, 0.05) is 31.1 Å². The van der Waals surface area contributed by atoms with Gasteiger partial charge < -0.3 is 4.74 Å². The number of ketones is 2. The normalized spacial score (nSPS) is 44.2. The summed E-state index contributed by atoms with van der Waals surface area (Å²) in [4.78, 5) is 36.2. The zero-order valence-electron chi connectivity index (χ0n) is 14.6. The van der Waals surface area contributed by atoms with Crippen LogP contribution in [0.3, 0.4) is 0 Å². The van der Waals surface area contributed by atoms with Gasteiger partial charge in [0.25, 0.3) is 0 Å². The molecule has 5 atom stereocenters. The zero-order chi connectivity index (χ0) is 17.1. The monoisotopic (exact) mass is 330 g/mol. The third-order valence-electron chi connectivity index (χ3n) is 7.44. The predicted octanol–water partition coefficient (Wildman–Crippen LogP) is 3.38. The van der Waals surface area contributed by atoms with E-state index in [-0.39, 0.29) is 23.1 Å². The van der Waals surface area contributed by atoms with E-state index < -0.39 is 5.60 Å². The number of fused-ring (bicyclic) bond motifs is 5. The topological polar surface area (TPSA) is 60.4 Å². The van der Waals surface area contributed by atoms with Crippen LogP contribution in [-0.4, -0.2) is 23.1 Å². The summed E-state index contributed by atoms with van der Waals surface area (Å²) in [6.45, 7) is 3.62. The summed E-state index contributed by atoms with van der Waals surface area (Å²) in [7, 11) is 0. The van der Waals surface area contributed by atoms with E-state index in [4.69, 9.17) is 4.74 Å². The maximum absolute atomic E-state index is 12.4. The van der Waals surface area contributed by atoms with Gasteiger partial charge in [-0.1, -0.05) is 6.92 Å². The number of Topliss-reactive ketones (excluding diaryl/α,β-unsaturated/α-hetero) is 1. The molecule has 4 heteroatoms. The van der Waals surface area contributed by atoms with Crippen molar-refractivity contribution in [3.63, 3.8) is 0 Å². The molecule has 0 bridgehead atoms. The largest absolute Gasteiger partial charge is 0.454 e. The molecule has 0 aromatic heterocycles. The van der Waals surface area contributed by atoms with Crippen molar-refractivity contribution < 1.29 is 19.1 Å². The highest BCUT2D eigenvalue weighted by atomic mass is 16.6. The van der Waals surface area contributed by atoms with Crippen molar-refractivity contribution >= 4 is 17.5 Å². The first-order valence-corrected chi connectivity index (χ1v) is 9.33. The molecule has 4 rings (SSSR count). The Hall–Kier alpha value is -1.45. The third kappa shape index (κ3) is 2.07. The lowest BCUT2D eigenvalue weighted by molar-refractivity contribution is -0.175. The van der Waals surface area contributed by atoms with Gasteiger partial charge in [-0.3, -0.25) is 14.4 Å². The van der Waals surface area contributed by atoms with E-state index in [0.717, 1.165) is 37.7 Å². The van der Waals surface area contributed by atoms with Crippen LogP contribution in [0.5, 0.6) is 0 Å². The summed E-state index contributed by atoms with van der Waals surface area (Å²) in [6.07, 6.45) is 8.15. The van der Waals surface area contributed by atoms with E-state index in [1.165, 1.54) is 6.92 Å². The molecule has 4 aliphatic rings. The summed E-state index contributed by atoms with van der Waals surface area (Å²) in [5.74, 6) is 1.43. The molecular weight excluding hydrogens is 304 g/mol. The Morgan fingerprint density at radius 2 is 1.88 bits per heavy atom. The Balaban J connectivity index is 1.74. The van der Waals surface area contributed by atoms with Crippen LogP contribution in [0.1, 0.15) is 65.2 Å². The van der Waals surface area contributed by atoms with Crippen molar-refractivity contribution in [2.45, 2.75) is 70.8 Å². The highest BCUT2D eigenvalue weighted by Gasteiger charge is 2.61. The molecular formula is C20H26O4. The molecule has 0 spiro atoms.